The van der Waals surface area contributed by atoms with Gasteiger partial charge in [-0.15, -0.1) is 0 Å². The predicted octanol–water partition coefficient (Wildman–Crippen LogP) is 2.78. The molecule has 0 fully saturated rings. The van der Waals surface area contributed by atoms with Crippen molar-refractivity contribution in [3.8, 4) is 5.75 Å². The van der Waals surface area contributed by atoms with Gasteiger partial charge in [0.15, 0.2) is 0 Å². The van der Waals surface area contributed by atoms with Crippen LogP contribution in [0.5, 0.6) is 5.75 Å². The van der Waals surface area contributed by atoms with Gasteiger partial charge in [0.1, 0.15) is 17.0 Å². The number of aryl methyl sites for hydroxylation is 2. The van der Waals surface area contributed by atoms with Gasteiger partial charge in [-0.25, -0.2) is 0 Å². The zero-order chi connectivity index (χ0) is 14.5. The summed E-state index contributed by atoms with van der Waals surface area (Å²) >= 11 is 3.37. The molecule has 5 nitrogen and oxygen atoms in total. The maximum absolute atomic E-state index is 10.5. The minimum Gasteiger partial charge on any atom is -0.489 e. The first-order valence-corrected chi connectivity index (χ1v) is 6.95. The van der Waals surface area contributed by atoms with E-state index >= 15 is 0 Å². The number of ether oxygens (including phenoxy) is 1. The summed E-state index contributed by atoms with van der Waals surface area (Å²) in [4.78, 5) is 10.5. The Hall–Kier alpha value is -1.82. The third-order valence-electron chi connectivity index (χ3n) is 2.80. The molecule has 0 spiro atoms. The van der Waals surface area contributed by atoms with Gasteiger partial charge < -0.3 is 9.84 Å². The Kier molecular flexibility index (Phi) is 4.79. The number of aliphatic carboxylic acids is 1. The third-order valence-corrected chi connectivity index (χ3v) is 3.47. The van der Waals surface area contributed by atoms with Crippen LogP contribution in [0.2, 0.25) is 0 Å². The fourth-order valence-corrected chi connectivity index (χ4v) is 2.24. The first kappa shape index (κ1) is 14.6. The molecule has 0 atom stereocenters. The second-order valence-corrected chi connectivity index (χ2v) is 5.20. The van der Waals surface area contributed by atoms with Gasteiger partial charge in [-0.1, -0.05) is 12.1 Å². The van der Waals surface area contributed by atoms with Gasteiger partial charge in [0.2, 0.25) is 0 Å². The van der Waals surface area contributed by atoms with Gasteiger partial charge >= 0.3 is 5.97 Å². The molecular weight excluding hydrogens is 324 g/mol. The lowest BCUT2D eigenvalue weighted by Gasteiger charge is -2.06. The maximum Gasteiger partial charge on any atom is 0.303 e. The number of aromatic nitrogens is 2. The Morgan fingerprint density at radius 2 is 2.10 bits per heavy atom. The lowest BCUT2D eigenvalue weighted by molar-refractivity contribution is -0.136. The Balaban J connectivity index is 1.90. The fraction of sp³-hybridized carbons (Fsp3) is 0.286. The molecule has 2 aromatic rings. The Bertz CT molecular complexity index is 593. The second kappa shape index (κ2) is 6.56. The highest BCUT2D eigenvalue weighted by Crippen LogP contribution is 2.18. The van der Waals surface area contributed by atoms with Crippen LogP contribution < -0.4 is 4.74 Å². The minimum absolute atomic E-state index is 0.142. The molecule has 0 radical (unpaired) electrons. The number of hydrogen-bond donors (Lipinski definition) is 1. The van der Waals surface area contributed by atoms with E-state index in [1.54, 1.807) is 4.68 Å². The molecule has 1 heterocycles. The van der Waals surface area contributed by atoms with Crippen LogP contribution in [0, 0.1) is 0 Å². The average Bonchev–Trinajstić information content (AvgIpc) is 2.73. The van der Waals surface area contributed by atoms with Crippen LogP contribution in [-0.2, 0) is 24.9 Å². The molecule has 20 heavy (non-hydrogen) atoms. The van der Waals surface area contributed by atoms with Crippen molar-refractivity contribution in [2.24, 2.45) is 7.05 Å². The number of benzene rings is 1. The van der Waals surface area contributed by atoms with Crippen molar-refractivity contribution in [2.75, 3.05) is 0 Å². The molecule has 106 valence electrons. The summed E-state index contributed by atoms with van der Waals surface area (Å²) in [6, 6.07) is 7.47. The van der Waals surface area contributed by atoms with Crippen LogP contribution in [0.15, 0.2) is 35.1 Å². The summed E-state index contributed by atoms with van der Waals surface area (Å²) in [6.07, 6.45) is 2.57. The lowest BCUT2D eigenvalue weighted by Crippen LogP contribution is -1.98. The molecule has 0 bridgehead atoms. The van der Waals surface area contributed by atoms with Crippen LogP contribution >= 0.6 is 15.9 Å². The Morgan fingerprint density at radius 1 is 1.40 bits per heavy atom. The van der Waals surface area contributed by atoms with E-state index in [0.717, 1.165) is 21.5 Å². The Labute approximate surface area is 125 Å². The molecular formula is C14H15BrN2O3. The molecule has 0 unspecified atom stereocenters. The predicted molar refractivity (Wildman–Crippen MR) is 77.6 cm³/mol. The van der Waals surface area contributed by atoms with Crippen molar-refractivity contribution < 1.29 is 14.6 Å². The summed E-state index contributed by atoms with van der Waals surface area (Å²) in [5.74, 6) is -0.0356. The number of carboxylic acids is 1. The van der Waals surface area contributed by atoms with E-state index in [0.29, 0.717) is 13.0 Å². The molecule has 0 saturated carbocycles. The molecule has 1 aromatic carbocycles. The first-order valence-electron chi connectivity index (χ1n) is 6.16. The highest BCUT2D eigenvalue weighted by Gasteiger charge is 2.05. The zero-order valence-corrected chi connectivity index (χ0v) is 12.6. The van der Waals surface area contributed by atoms with Gasteiger partial charge in [-0.2, -0.15) is 5.10 Å². The number of carbonyl (C=O) groups is 1. The summed E-state index contributed by atoms with van der Waals surface area (Å²) < 4.78 is 8.16. The van der Waals surface area contributed by atoms with Crippen molar-refractivity contribution >= 4 is 21.9 Å². The topological polar surface area (TPSA) is 64.3 Å². The number of hydrogen-bond acceptors (Lipinski definition) is 3. The van der Waals surface area contributed by atoms with Crippen molar-refractivity contribution in [3.63, 3.8) is 0 Å². The van der Waals surface area contributed by atoms with E-state index in [2.05, 4.69) is 21.0 Å². The van der Waals surface area contributed by atoms with Gasteiger partial charge in [-0.05, 0) is 40.0 Å². The fourth-order valence-electron chi connectivity index (χ4n) is 1.77. The monoisotopic (exact) mass is 338 g/mol. The van der Waals surface area contributed by atoms with Gasteiger partial charge in [0.05, 0.1) is 0 Å². The summed E-state index contributed by atoms with van der Waals surface area (Å²) in [5, 5.41) is 12.8. The average molecular weight is 339 g/mol. The maximum atomic E-state index is 10.5. The van der Waals surface area contributed by atoms with Crippen LogP contribution in [0.4, 0.5) is 0 Å². The molecule has 6 heteroatoms. The molecule has 0 amide bonds. The highest BCUT2D eigenvalue weighted by molar-refractivity contribution is 9.10. The molecule has 0 aliphatic carbocycles. The number of carboxylic acid groups (broad SMARTS) is 1. The van der Waals surface area contributed by atoms with Gasteiger partial charge in [0.25, 0.3) is 0 Å². The quantitative estimate of drug-likeness (QED) is 0.879. The standard InChI is InChI=1S/C14H15BrN2O3/c1-17-8-11(14(15)16-17)9-20-12-5-2-10(3-6-12)4-7-13(18)19/h2-3,5-6,8H,4,7,9H2,1H3,(H,18,19). The number of halogens is 1. The van der Waals surface area contributed by atoms with Crippen molar-refractivity contribution in [1.82, 2.24) is 9.78 Å². The van der Waals surface area contributed by atoms with Crippen LogP contribution in [0.1, 0.15) is 17.5 Å². The van der Waals surface area contributed by atoms with E-state index in [9.17, 15) is 4.79 Å². The summed E-state index contributed by atoms with van der Waals surface area (Å²) in [5.41, 5.74) is 1.96. The van der Waals surface area contributed by atoms with Crippen molar-refractivity contribution in [2.45, 2.75) is 19.4 Å². The number of rotatable bonds is 6. The van der Waals surface area contributed by atoms with E-state index in [4.69, 9.17) is 9.84 Å². The number of nitrogens with zero attached hydrogens (tertiary/aromatic N) is 2. The van der Waals surface area contributed by atoms with Crippen molar-refractivity contribution in [1.29, 1.82) is 0 Å². The van der Waals surface area contributed by atoms with Gasteiger partial charge in [-0.3, -0.25) is 9.48 Å². The minimum atomic E-state index is -0.785. The van der Waals surface area contributed by atoms with Gasteiger partial charge in [0, 0.05) is 25.2 Å². The van der Waals surface area contributed by atoms with Crippen LogP contribution in [0.3, 0.4) is 0 Å². The molecule has 0 saturated heterocycles. The van der Waals surface area contributed by atoms with E-state index in [-0.39, 0.29) is 6.42 Å². The molecule has 0 aliphatic rings. The Morgan fingerprint density at radius 3 is 2.65 bits per heavy atom. The normalized spacial score (nSPS) is 10.5. The summed E-state index contributed by atoms with van der Waals surface area (Å²) in [6.45, 7) is 0.433. The summed E-state index contributed by atoms with van der Waals surface area (Å²) in [7, 11) is 1.85. The van der Waals surface area contributed by atoms with E-state index < -0.39 is 5.97 Å². The smallest absolute Gasteiger partial charge is 0.303 e. The SMILES string of the molecule is Cn1cc(COc2ccc(CCC(=O)O)cc2)c(Br)n1. The molecule has 0 aliphatic heterocycles. The highest BCUT2D eigenvalue weighted by atomic mass is 79.9. The lowest BCUT2D eigenvalue weighted by atomic mass is 10.1. The van der Waals surface area contributed by atoms with E-state index in [1.807, 2.05) is 37.5 Å². The third kappa shape index (κ3) is 4.09. The zero-order valence-electron chi connectivity index (χ0n) is 11.0. The van der Waals surface area contributed by atoms with E-state index in [1.165, 1.54) is 0 Å². The molecule has 2 rings (SSSR count). The first-order chi connectivity index (χ1) is 9.54. The van der Waals surface area contributed by atoms with Crippen LogP contribution in [0.25, 0.3) is 0 Å². The molecule has 1 N–H and O–H groups in total. The molecule has 1 aromatic heterocycles. The second-order valence-electron chi connectivity index (χ2n) is 4.45. The van der Waals surface area contributed by atoms with Crippen molar-refractivity contribution in [3.05, 3.63) is 46.2 Å². The largest absolute Gasteiger partial charge is 0.489 e. The van der Waals surface area contributed by atoms with Crippen LogP contribution in [-0.4, -0.2) is 20.9 Å².